The molecule has 0 atom stereocenters. The molecule has 0 saturated carbocycles. The third kappa shape index (κ3) is 4.73. The van der Waals surface area contributed by atoms with E-state index in [2.05, 4.69) is 40.2 Å². The number of carbonyl (C=O) groups is 1. The second-order valence-electron chi connectivity index (χ2n) is 4.80. The minimum Gasteiger partial charge on any atom is -0.465 e. The molecule has 1 N–H and O–H groups in total. The minimum atomic E-state index is -0.775. The highest BCUT2D eigenvalue weighted by atomic mass is 79.9. The average molecular weight is 344 g/mol. The monoisotopic (exact) mass is 343 g/mol. The van der Waals surface area contributed by atoms with E-state index < -0.39 is 6.09 Å². The van der Waals surface area contributed by atoms with Gasteiger partial charge in [-0.2, -0.15) is 0 Å². The molecule has 0 bridgehead atoms. The second-order valence-corrected chi connectivity index (χ2v) is 6.89. The van der Waals surface area contributed by atoms with Crippen molar-refractivity contribution in [3.63, 3.8) is 0 Å². The number of nitrogens with zero attached hydrogens (tertiary/aromatic N) is 1. The van der Waals surface area contributed by atoms with Gasteiger partial charge in [0, 0.05) is 22.5 Å². The van der Waals surface area contributed by atoms with Crippen LogP contribution >= 0.6 is 27.7 Å². The van der Waals surface area contributed by atoms with Crippen LogP contribution in [0.25, 0.3) is 0 Å². The van der Waals surface area contributed by atoms with Crippen LogP contribution in [0.1, 0.15) is 19.3 Å². The Kier molecular flexibility index (Phi) is 5.58. The van der Waals surface area contributed by atoms with Crippen molar-refractivity contribution < 1.29 is 9.90 Å². The summed E-state index contributed by atoms with van der Waals surface area (Å²) in [6.07, 6.45) is 2.41. The lowest BCUT2D eigenvalue weighted by atomic mass is 9.95. The normalized spacial score (nSPS) is 16.6. The van der Waals surface area contributed by atoms with Gasteiger partial charge in [0.25, 0.3) is 0 Å². The molecular formula is C14H18BrNO2S. The highest BCUT2D eigenvalue weighted by molar-refractivity contribution is 9.10. The standard InChI is InChI=1S/C14H18BrNO2S/c15-12-1-3-13(4-2-12)19-10-7-11-5-8-16(9-6-11)14(17)18/h1-4,11H,5-10H2,(H,17,18). The van der Waals surface area contributed by atoms with E-state index in [4.69, 9.17) is 5.11 Å². The molecule has 1 heterocycles. The topological polar surface area (TPSA) is 40.5 Å². The first-order valence-electron chi connectivity index (χ1n) is 6.51. The van der Waals surface area contributed by atoms with Crippen molar-refractivity contribution in [2.45, 2.75) is 24.2 Å². The Morgan fingerprint density at radius 1 is 1.32 bits per heavy atom. The third-order valence-electron chi connectivity index (χ3n) is 3.49. The summed E-state index contributed by atoms with van der Waals surface area (Å²) >= 11 is 5.31. The summed E-state index contributed by atoms with van der Waals surface area (Å²) in [6.45, 7) is 1.39. The molecule has 1 saturated heterocycles. The molecule has 5 heteroatoms. The highest BCUT2D eigenvalue weighted by Gasteiger charge is 2.21. The third-order valence-corrected chi connectivity index (χ3v) is 5.07. The van der Waals surface area contributed by atoms with Gasteiger partial charge in [-0.3, -0.25) is 0 Å². The molecular weight excluding hydrogens is 326 g/mol. The summed E-state index contributed by atoms with van der Waals surface area (Å²) in [5, 5.41) is 8.89. The summed E-state index contributed by atoms with van der Waals surface area (Å²) in [6, 6.07) is 8.38. The van der Waals surface area contributed by atoms with Crippen LogP contribution in [0.5, 0.6) is 0 Å². The van der Waals surface area contributed by atoms with Crippen LogP contribution in [0.2, 0.25) is 0 Å². The van der Waals surface area contributed by atoms with Gasteiger partial charge in [0.15, 0.2) is 0 Å². The SMILES string of the molecule is O=C(O)N1CCC(CCSc2ccc(Br)cc2)CC1. The van der Waals surface area contributed by atoms with E-state index >= 15 is 0 Å². The molecule has 1 aromatic rings. The summed E-state index contributed by atoms with van der Waals surface area (Å²) in [4.78, 5) is 13.6. The van der Waals surface area contributed by atoms with E-state index in [9.17, 15) is 4.79 Å². The van der Waals surface area contributed by atoms with E-state index in [0.29, 0.717) is 19.0 Å². The van der Waals surface area contributed by atoms with Crippen LogP contribution in [0.15, 0.2) is 33.6 Å². The van der Waals surface area contributed by atoms with Gasteiger partial charge in [0.1, 0.15) is 0 Å². The van der Waals surface area contributed by atoms with E-state index in [-0.39, 0.29) is 0 Å². The zero-order chi connectivity index (χ0) is 13.7. The maximum atomic E-state index is 10.8. The quantitative estimate of drug-likeness (QED) is 0.827. The first-order chi connectivity index (χ1) is 9.15. The number of benzene rings is 1. The van der Waals surface area contributed by atoms with Crippen molar-refractivity contribution in [1.29, 1.82) is 0 Å². The Labute approximate surface area is 126 Å². The van der Waals surface area contributed by atoms with Gasteiger partial charge in [-0.05, 0) is 55.2 Å². The molecule has 19 heavy (non-hydrogen) atoms. The van der Waals surface area contributed by atoms with Gasteiger partial charge in [-0.1, -0.05) is 15.9 Å². The van der Waals surface area contributed by atoms with Gasteiger partial charge in [0.05, 0.1) is 0 Å². The number of amides is 1. The van der Waals surface area contributed by atoms with Crippen molar-refractivity contribution in [3.8, 4) is 0 Å². The van der Waals surface area contributed by atoms with E-state index in [1.54, 1.807) is 0 Å². The number of hydrogen-bond acceptors (Lipinski definition) is 2. The van der Waals surface area contributed by atoms with Gasteiger partial charge in [0.2, 0.25) is 0 Å². The Bertz CT molecular complexity index is 416. The van der Waals surface area contributed by atoms with Crippen molar-refractivity contribution in [1.82, 2.24) is 4.90 Å². The number of carboxylic acid groups (broad SMARTS) is 1. The van der Waals surface area contributed by atoms with Crippen molar-refractivity contribution in [2.75, 3.05) is 18.8 Å². The van der Waals surface area contributed by atoms with Gasteiger partial charge in [-0.15, -0.1) is 11.8 Å². The van der Waals surface area contributed by atoms with E-state index in [1.165, 1.54) is 16.2 Å². The maximum Gasteiger partial charge on any atom is 0.407 e. The average Bonchev–Trinajstić information content (AvgIpc) is 2.41. The predicted molar refractivity (Wildman–Crippen MR) is 81.8 cm³/mol. The van der Waals surface area contributed by atoms with Crippen LogP contribution in [-0.4, -0.2) is 34.9 Å². The Balaban J connectivity index is 1.67. The first-order valence-corrected chi connectivity index (χ1v) is 8.29. The Hall–Kier alpha value is -0.680. The molecule has 1 aliphatic heterocycles. The number of hydrogen-bond donors (Lipinski definition) is 1. The fourth-order valence-corrected chi connectivity index (χ4v) is 3.57. The fraction of sp³-hybridized carbons (Fsp3) is 0.500. The lowest BCUT2D eigenvalue weighted by Crippen LogP contribution is -2.37. The number of rotatable bonds is 4. The number of piperidine rings is 1. The molecule has 1 fully saturated rings. The minimum absolute atomic E-state index is 0.679. The maximum absolute atomic E-state index is 10.8. The van der Waals surface area contributed by atoms with Crippen LogP contribution < -0.4 is 0 Å². The Morgan fingerprint density at radius 3 is 2.53 bits per heavy atom. The van der Waals surface area contributed by atoms with Crippen molar-refractivity contribution >= 4 is 33.8 Å². The smallest absolute Gasteiger partial charge is 0.407 e. The molecule has 1 aromatic carbocycles. The van der Waals surface area contributed by atoms with Gasteiger partial charge < -0.3 is 10.0 Å². The number of thioether (sulfide) groups is 1. The summed E-state index contributed by atoms with van der Waals surface area (Å²) in [7, 11) is 0. The van der Waals surface area contributed by atoms with Crippen molar-refractivity contribution in [2.24, 2.45) is 5.92 Å². The first kappa shape index (κ1) is 14.7. The molecule has 0 spiro atoms. The predicted octanol–water partition coefficient (Wildman–Crippen LogP) is 4.32. The molecule has 0 aromatic heterocycles. The van der Waals surface area contributed by atoms with E-state index in [0.717, 1.165) is 23.1 Å². The van der Waals surface area contributed by atoms with Crippen molar-refractivity contribution in [3.05, 3.63) is 28.7 Å². The number of halogens is 1. The molecule has 0 radical (unpaired) electrons. The molecule has 1 amide bonds. The lowest BCUT2D eigenvalue weighted by Gasteiger charge is -2.29. The van der Waals surface area contributed by atoms with Gasteiger partial charge >= 0.3 is 6.09 Å². The highest BCUT2D eigenvalue weighted by Crippen LogP contribution is 2.26. The van der Waals surface area contributed by atoms with E-state index in [1.807, 2.05) is 11.8 Å². The Morgan fingerprint density at radius 2 is 1.95 bits per heavy atom. The summed E-state index contributed by atoms with van der Waals surface area (Å²) in [5.74, 6) is 1.79. The molecule has 0 aliphatic carbocycles. The number of likely N-dealkylation sites (tertiary alicyclic amines) is 1. The largest absolute Gasteiger partial charge is 0.465 e. The molecule has 3 nitrogen and oxygen atoms in total. The van der Waals surface area contributed by atoms with Gasteiger partial charge in [-0.25, -0.2) is 4.79 Å². The molecule has 0 unspecified atom stereocenters. The molecule has 104 valence electrons. The van der Waals surface area contributed by atoms with Crippen LogP contribution in [0, 0.1) is 5.92 Å². The molecule has 2 rings (SSSR count). The summed E-state index contributed by atoms with van der Waals surface area (Å²) < 4.78 is 1.11. The zero-order valence-corrected chi connectivity index (χ0v) is 13.1. The molecule has 1 aliphatic rings. The summed E-state index contributed by atoms with van der Waals surface area (Å²) in [5.41, 5.74) is 0. The second kappa shape index (κ2) is 7.20. The van der Waals surface area contributed by atoms with Crippen LogP contribution in [0.3, 0.4) is 0 Å². The van der Waals surface area contributed by atoms with Crippen LogP contribution in [-0.2, 0) is 0 Å². The zero-order valence-electron chi connectivity index (χ0n) is 10.7. The fourth-order valence-electron chi connectivity index (χ4n) is 2.29. The van der Waals surface area contributed by atoms with Crippen LogP contribution in [0.4, 0.5) is 4.79 Å². The lowest BCUT2D eigenvalue weighted by molar-refractivity contribution is 0.124.